The molecule has 4 heteroatoms. The fraction of sp³-hybridized carbons (Fsp3) is 0. The summed E-state index contributed by atoms with van der Waals surface area (Å²) < 4.78 is 1.87. The molecule has 0 spiro atoms. The van der Waals surface area contributed by atoms with Gasteiger partial charge in [0, 0.05) is 6.20 Å². The maximum Gasteiger partial charge on any atom is 0.212 e. The first-order valence-electron chi connectivity index (χ1n) is 4.29. The van der Waals surface area contributed by atoms with Crippen molar-refractivity contribution in [3.05, 3.63) is 36.2 Å². The molecule has 3 rings (SSSR count). The Hall–Kier alpha value is -2.10. The normalized spacial score (nSPS) is 11.1. The molecule has 0 aliphatic carbocycles. The lowest BCUT2D eigenvalue weighted by atomic mass is 10.3. The average molecular weight is 185 g/mol. The monoisotopic (exact) mass is 185 g/mol. The predicted molar refractivity (Wildman–Crippen MR) is 52.4 cm³/mol. The third-order valence-electron chi connectivity index (χ3n) is 2.25. The van der Waals surface area contributed by atoms with E-state index in [1.807, 2.05) is 28.7 Å². The first kappa shape index (κ1) is 7.32. The van der Waals surface area contributed by atoms with Crippen LogP contribution in [0.3, 0.4) is 0 Å². The number of aldehydes is 1. The molecule has 2 heterocycles. The standard InChI is InChI=1S/C10H7N3O/c14-6-7-5-13-9-4-2-1-3-8(9)12-10(13)11-7/h1-6H,(H,11,12). The zero-order valence-electron chi connectivity index (χ0n) is 7.27. The number of aromatic nitrogens is 3. The van der Waals surface area contributed by atoms with Gasteiger partial charge in [-0.25, -0.2) is 4.98 Å². The van der Waals surface area contributed by atoms with E-state index in [0.717, 1.165) is 17.3 Å². The summed E-state index contributed by atoms with van der Waals surface area (Å²) in [7, 11) is 0. The van der Waals surface area contributed by atoms with Gasteiger partial charge in [0.2, 0.25) is 5.78 Å². The molecule has 0 amide bonds. The molecule has 68 valence electrons. The lowest BCUT2D eigenvalue weighted by Crippen LogP contribution is -1.77. The number of hydrogen-bond acceptors (Lipinski definition) is 2. The lowest BCUT2D eigenvalue weighted by molar-refractivity contribution is 0.111. The minimum absolute atomic E-state index is 0.540. The highest BCUT2D eigenvalue weighted by Gasteiger charge is 2.05. The van der Waals surface area contributed by atoms with Crippen LogP contribution in [0.5, 0.6) is 0 Å². The number of fused-ring (bicyclic) bond motifs is 3. The molecular formula is C10H7N3O. The SMILES string of the molecule is O=Cc1cn2c(nc3ccccc32)[nH]1. The van der Waals surface area contributed by atoms with Crippen LogP contribution in [0, 0.1) is 0 Å². The fourth-order valence-corrected chi connectivity index (χ4v) is 1.62. The number of carbonyl (C=O) groups is 1. The first-order valence-corrected chi connectivity index (χ1v) is 4.29. The van der Waals surface area contributed by atoms with Gasteiger partial charge in [-0.1, -0.05) is 12.1 Å². The quantitative estimate of drug-likeness (QED) is 0.586. The van der Waals surface area contributed by atoms with E-state index in [4.69, 9.17) is 0 Å². The average Bonchev–Trinajstić information content (AvgIpc) is 2.73. The Morgan fingerprint density at radius 1 is 1.36 bits per heavy atom. The molecule has 14 heavy (non-hydrogen) atoms. The van der Waals surface area contributed by atoms with E-state index >= 15 is 0 Å². The molecule has 0 aliphatic rings. The Balaban J connectivity index is 2.50. The van der Waals surface area contributed by atoms with Crippen molar-refractivity contribution in [2.75, 3.05) is 0 Å². The Kier molecular flexibility index (Phi) is 1.28. The summed E-state index contributed by atoms with van der Waals surface area (Å²) in [6, 6.07) is 7.80. The van der Waals surface area contributed by atoms with Gasteiger partial charge in [0.25, 0.3) is 0 Å². The molecular weight excluding hydrogens is 178 g/mol. The molecule has 2 aromatic heterocycles. The zero-order valence-corrected chi connectivity index (χ0v) is 7.27. The van der Waals surface area contributed by atoms with E-state index in [0.29, 0.717) is 11.5 Å². The molecule has 3 aromatic rings. The molecule has 0 bridgehead atoms. The molecule has 0 fully saturated rings. The van der Waals surface area contributed by atoms with E-state index in [-0.39, 0.29) is 0 Å². The van der Waals surface area contributed by atoms with E-state index in [1.165, 1.54) is 0 Å². The number of benzene rings is 1. The Bertz CT molecular complexity index is 620. The highest BCUT2D eigenvalue weighted by Crippen LogP contribution is 2.15. The molecule has 0 saturated carbocycles. The van der Waals surface area contributed by atoms with E-state index in [9.17, 15) is 4.79 Å². The smallest absolute Gasteiger partial charge is 0.212 e. The lowest BCUT2D eigenvalue weighted by Gasteiger charge is -1.86. The molecule has 0 radical (unpaired) electrons. The largest absolute Gasteiger partial charge is 0.321 e. The molecule has 0 atom stereocenters. The Labute approximate surface area is 79.2 Å². The van der Waals surface area contributed by atoms with Crippen molar-refractivity contribution in [1.82, 2.24) is 14.4 Å². The van der Waals surface area contributed by atoms with Crippen molar-refractivity contribution in [2.24, 2.45) is 0 Å². The van der Waals surface area contributed by atoms with Crippen molar-refractivity contribution in [3.63, 3.8) is 0 Å². The van der Waals surface area contributed by atoms with Gasteiger partial charge in [0.15, 0.2) is 6.29 Å². The van der Waals surface area contributed by atoms with Crippen molar-refractivity contribution >= 4 is 23.1 Å². The Morgan fingerprint density at radius 3 is 3.07 bits per heavy atom. The van der Waals surface area contributed by atoms with Gasteiger partial charge in [-0.05, 0) is 12.1 Å². The van der Waals surface area contributed by atoms with Crippen LogP contribution in [0.4, 0.5) is 0 Å². The van der Waals surface area contributed by atoms with Crippen LogP contribution in [0.25, 0.3) is 16.8 Å². The minimum atomic E-state index is 0.540. The minimum Gasteiger partial charge on any atom is -0.321 e. The van der Waals surface area contributed by atoms with Gasteiger partial charge in [-0.15, -0.1) is 0 Å². The van der Waals surface area contributed by atoms with Crippen LogP contribution in [-0.4, -0.2) is 20.7 Å². The van der Waals surface area contributed by atoms with Crippen molar-refractivity contribution in [2.45, 2.75) is 0 Å². The second-order valence-corrected chi connectivity index (χ2v) is 3.12. The number of carbonyl (C=O) groups excluding carboxylic acids is 1. The van der Waals surface area contributed by atoms with Gasteiger partial charge in [-0.2, -0.15) is 0 Å². The number of imidazole rings is 2. The number of H-pyrrole nitrogens is 1. The van der Waals surface area contributed by atoms with E-state index in [2.05, 4.69) is 9.97 Å². The van der Waals surface area contributed by atoms with Gasteiger partial charge < -0.3 is 4.98 Å². The summed E-state index contributed by atoms with van der Waals surface area (Å²) in [5, 5.41) is 0. The molecule has 1 aromatic carbocycles. The molecule has 4 nitrogen and oxygen atoms in total. The second kappa shape index (κ2) is 2.45. The van der Waals surface area contributed by atoms with Crippen LogP contribution in [-0.2, 0) is 0 Å². The maximum absolute atomic E-state index is 10.5. The van der Waals surface area contributed by atoms with E-state index < -0.39 is 0 Å². The summed E-state index contributed by atoms with van der Waals surface area (Å²) in [6.45, 7) is 0. The third kappa shape index (κ3) is 0.821. The summed E-state index contributed by atoms with van der Waals surface area (Å²) in [5.74, 6) is 0.702. The highest BCUT2D eigenvalue weighted by molar-refractivity contribution is 5.82. The molecule has 0 aliphatic heterocycles. The van der Waals surface area contributed by atoms with Gasteiger partial charge in [0.1, 0.15) is 0 Å². The van der Waals surface area contributed by atoms with Gasteiger partial charge in [-0.3, -0.25) is 9.20 Å². The van der Waals surface area contributed by atoms with Crippen molar-refractivity contribution < 1.29 is 4.79 Å². The van der Waals surface area contributed by atoms with Crippen molar-refractivity contribution in [3.8, 4) is 0 Å². The van der Waals surface area contributed by atoms with Gasteiger partial charge >= 0.3 is 0 Å². The summed E-state index contributed by atoms with van der Waals surface area (Å²) in [6.07, 6.45) is 2.53. The number of nitrogens with zero attached hydrogens (tertiary/aromatic N) is 2. The van der Waals surface area contributed by atoms with Gasteiger partial charge in [0.05, 0.1) is 16.7 Å². The summed E-state index contributed by atoms with van der Waals surface area (Å²) in [4.78, 5) is 17.8. The first-order chi connectivity index (χ1) is 6.88. The molecule has 1 N–H and O–H groups in total. The second-order valence-electron chi connectivity index (χ2n) is 3.12. The number of para-hydroxylation sites is 2. The zero-order chi connectivity index (χ0) is 9.54. The van der Waals surface area contributed by atoms with Crippen molar-refractivity contribution in [1.29, 1.82) is 0 Å². The van der Waals surface area contributed by atoms with Crippen LogP contribution < -0.4 is 0 Å². The third-order valence-corrected chi connectivity index (χ3v) is 2.25. The summed E-state index contributed by atoms with van der Waals surface area (Å²) >= 11 is 0. The summed E-state index contributed by atoms with van der Waals surface area (Å²) in [5.41, 5.74) is 2.47. The topological polar surface area (TPSA) is 50.2 Å². The van der Waals surface area contributed by atoms with Crippen LogP contribution >= 0.6 is 0 Å². The highest BCUT2D eigenvalue weighted by atomic mass is 16.1. The van der Waals surface area contributed by atoms with E-state index in [1.54, 1.807) is 6.20 Å². The number of nitrogens with one attached hydrogen (secondary N) is 1. The fourth-order valence-electron chi connectivity index (χ4n) is 1.62. The van der Waals surface area contributed by atoms with Crippen LogP contribution in [0.1, 0.15) is 10.5 Å². The maximum atomic E-state index is 10.5. The number of hydrogen-bond donors (Lipinski definition) is 1. The number of aromatic amines is 1. The van der Waals surface area contributed by atoms with Crippen LogP contribution in [0.15, 0.2) is 30.5 Å². The molecule has 0 unspecified atom stereocenters. The molecule has 0 saturated heterocycles. The number of rotatable bonds is 1. The predicted octanol–water partition coefficient (Wildman–Crippen LogP) is 1.63. The Morgan fingerprint density at radius 2 is 2.21 bits per heavy atom. The van der Waals surface area contributed by atoms with Crippen LogP contribution in [0.2, 0.25) is 0 Å².